The molecule has 20 heavy (non-hydrogen) atoms. The summed E-state index contributed by atoms with van der Waals surface area (Å²) in [6.07, 6.45) is 9.43. The maximum atomic E-state index is 12.1. The van der Waals surface area contributed by atoms with Crippen LogP contribution in [0, 0.1) is 18.3 Å². The maximum Gasteiger partial charge on any atom is 0.323 e. The van der Waals surface area contributed by atoms with Crippen molar-refractivity contribution in [2.75, 3.05) is 13.1 Å². The van der Waals surface area contributed by atoms with Gasteiger partial charge in [-0.25, -0.2) is 0 Å². The number of terminal acetylenes is 1. The van der Waals surface area contributed by atoms with Gasteiger partial charge in [-0.05, 0) is 18.8 Å². The summed E-state index contributed by atoms with van der Waals surface area (Å²) in [7, 11) is 0. The van der Waals surface area contributed by atoms with E-state index in [0.717, 1.165) is 12.8 Å². The number of hydrogen-bond acceptors (Lipinski definition) is 4. The van der Waals surface area contributed by atoms with Gasteiger partial charge in [-0.2, -0.15) is 10.2 Å². The van der Waals surface area contributed by atoms with Gasteiger partial charge in [0.05, 0.1) is 0 Å². The van der Waals surface area contributed by atoms with Gasteiger partial charge in [0.15, 0.2) is 5.66 Å². The summed E-state index contributed by atoms with van der Waals surface area (Å²) in [5.74, 6) is 1.92. The van der Waals surface area contributed by atoms with Crippen LogP contribution < -0.4 is 0 Å². The van der Waals surface area contributed by atoms with E-state index in [1.54, 1.807) is 0 Å². The van der Waals surface area contributed by atoms with E-state index >= 15 is 0 Å². The van der Waals surface area contributed by atoms with E-state index in [1.165, 1.54) is 4.90 Å². The molecule has 1 aliphatic heterocycles. The lowest BCUT2D eigenvalue weighted by molar-refractivity contribution is -0.144. The lowest BCUT2D eigenvalue weighted by Crippen LogP contribution is -2.37. The Morgan fingerprint density at radius 2 is 2.05 bits per heavy atom. The molecule has 0 bridgehead atoms. The summed E-state index contributed by atoms with van der Waals surface area (Å²) in [4.78, 5) is 24.4. The SMILES string of the molecule is C#CCCC1(CCC(=O)N(CC(=O)O)CC2CC2)N=N1. The molecule has 0 aromatic carbocycles. The molecule has 0 spiro atoms. The van der Waals surface area contributed by atoms with Crippen LogP contribution >= 0.6 is 0 Å². The minimum absolute atomic E-state index is 0.128. The van der Waals surface area contributed by atoms with Crippen molar-refractivity contribution in [3.63, 3.8) is 0 Å². The zero-order chi connectivity index (χ0) is 14.6. The second-order valence-corrected chi connectivity index (χ2v) is 5.50. The van der Waals surface area contributed by atoms with Crippen LogP contribution in [-0.4, -0.2) is 40.6 Å². The third-order valence-corrected chi connectivity index (χ3v) is 3.65. The third-order valence-electron chi connectivity index (χ3n) is 3.65. The number of hydrogen-bond donors (Lipinski definition) is 1. The van der Waals surface area contributed by atoms with Crippen LogP contribution in [0.15, 0.2) is 10.2 Å². The highest BCUT2D eigenvalue weighted by Gasteiger charge is 2.40. The van der Waals surface area contributed by atoms with Crippen molar-refractivity contribution in [3.05, 3.63) is 0 Å². The molecule has 1 heterocycles. The molecule has 0 aromatic heterocycles. The lowest BCUT2D eigenvalue weighted by Gasteiger charge is -2.21. The Hall–Kier alpha value is -1.90. The Balaban J connectivity index is 1.78. The van der Waals surface area contributed by atoms with Crippen LogP contribution in [0.4, 0.5) is 0 Å². The van der Waals surface area contributed by atoms with Crippen molar-refractivity contribution < 1.29 is 14.7 Å². The first-order valence-corrected chi connectivity index (χ1v) is 6.92. The molecule has 108 valence electrons. The number of amides is 1. The van der Waals surface area contributed by atoms with Gasteiger partial charge in [-0.1, -0.05) is 0 Å². The van der Waals surface area contributed by atoms with Crippen LogP contribution in [0.2, 0.25) is 0 Å². The Kier molecular flexibility index (Phi) is 4.38. The minimum atomic E-state index is -0.971. The fourth-order valence-corrected chi connectivity index (χ4v) is 2.16. The normalized spacial score (nSPS) is 18.4. The fraction of sp³-hybridized carbons (Fsp3) is 0.714. The lowest BCUT2D eigenvalue weighted by atomic mass is 10.0. The highest BCUT2D eigenvalue weighted by molar-refractivity contribution is 5.81. The summed E-state index contributed by atoms with van der Waals surface area (Å²) in [6.45, 7) is 0.331. The topological polar surface area (TPSA) is 82.3 Å². The number of carbonyl (C=O) groups is 2. The van der Waals surface area contributed by atoms with Gasteiger partial charge in [0.1, 0.15) is 6.54 Å². The molecule has 1 fully saturated rings. The first kappa shape index (κ1) is 14.5. The average Bonchev–Trinajstić information content (AvgIpc) is 3.29. The molecule has 6 nitrogen and oxygen atoms in total. The standard InChI is InChI=1S/C14H19N3O3/c1-2-3-7-14(15-16-14)8-6-12(18)17(10-13(19)20)9-11-4-5-11/h1,11H,3-10H2,(H,19,20). The van der Waals surface area contributed by atoms with Gasteiger partial charge in [-0.3, -0.25) is 9.59 Å². The second kappa shape index (κ2) is 6.04. The Morgan fingerprint density at radius 1 is 1.35 bits per heavy atom. The van der Waals surface area contributed by atoms with Crippen LogP contribution in [0.25, 0.3) is 0 Å². The number of carbonyl (C=O) groups excluding carboxylic acids is 1. The molecule has 2 rings (SSSR count). The Morgan fingerprint density at radius 3 is 2.55 bits per heavy atom. The molecule has 0 radical (unpaired) electrons. The molecule has 2 aliphatic rings. The molecule has 6 heteroatoms. The van der Waals surface area contributed by atoms with Gasteiger partial charge in [0.2, 0.25) is 5.91 Å². The van der Waals surface area contributed by atoms with Gasteiger partial charge >= 0.3 is 5.97 Å². The fourth-order valence-electron chi connectivity index (χ4n) is 2.16. The molecular formula is C14H19N3O3. The number of carboxylic acids is 1. The van der Waals surface area contributed by atoms with E-state index in [2.05, 4.69) is 16.1 Å². The highest BCUT2D eigenvalue weighted by atomic mass is 16.4. The molecule has 1 N–H and O–H groups in total. The van der Waals surface area contributed by atoms with Crippen molar-refractivity contribution in [1.29, 1.82) is 0 Å². The van der Waals surface area contributed by atoms with E-state index in [1.807, 2.05) is 0 Å². The van der Waals surface area contributed by atoms with Crippen molar-refractivity contribution in [2.24, 2.45) is 16.1 Å². The molecule has 0 saturated heterocycles. The first-order valence-electron chi connectivity index (χ1n) is 6.92. The predicted molar refractivity (Wildman–Crippen MR) is 71.8 cm³/mol. The van der Waals surface area contributed by atoms with Crippen LogP contribution in [-0.2, 0) is 9.59 Å². The molecule has 0 unspecified atom stereocenters. The van der Waals surface area contributed by atoms with Crippen molar-refractivity contribution in [1.82, 2.24) is 4.90 Å². The van der Waals surface area contributed by atoms with Crippen molar-refractivity contribution in [3.8, 4) is 12.3 Å². The molecule has 1 saturated carbocycles. The highest BCUT2D eigenvalue weighted by Crippen LogP contribution is 2.38. The monoisotopic (exact) mass is 277 g/mol. The number of nitrogens with zero attached hydrogens (tertiary/aromatic N) is 3. The Labute approximate surface area is 118 Å². The summed E-state index contributed by atoms with van der Waals surface area (Å²) >= 11 is 0. The van der Waals surface area contributed by atoms with E-state index < -0.39 is 11.6 Å². The van der Waals surface area contributed by atoms with Crippen LogP contribution in [0.1, 0.15) is 38.5 Å². The third kappa shape index (κ3) is 4.34. The van der Waals surface area contributed by atoms with Gasteiger partial charge in [0, 0.05) is 32.2 Å². The molecule has 1 aliphatic carbocycles. The van der Waals surface area contributed by atoms with Crippen molar-refractivity contribution >= 4 is 11.9 Å². The quantitative estimate of drug-likeness (QED) is 0.651. The minimum Gasteiger partial charge on any atom is -0.480 e. The summed E-state index contributed by atoms with van der Waals surface area (Å²) in [5.41, 5.74) is -0.476. The van der Waals surface area contributed by atoms with Crippen LogP contribution in [0.5, 0.6) is 0 Å². The summed E-state index contributed by atoms with van der Waals surface area (Å²) in [5, 5.41) is 16.8. The van der Waals surface area contributed by atoms with Gasteiger partial charge in [0.25, 0.3) is 0 Å². The van der Waals surface area contributed by atoms with Gasteiger partial charge < -0.3 is 10.0 Å². The summed E-state index contributed by atoms with van der Waals surface area (Å²) < 4.78 is 0. The molecule has 1 amide bonds. The van der Waals surface area contributed by atoms with E-state index in [0.29, 0.717) is 31.7 Å². The molecule has 0 aromatic rings. The van der Waals surface area contributed by atoms with Gasteiger partial charge in [-0.15, -0.1) is 12.3 Å². The zero-order valence-corrected chi connectivity index (χ0v) is 11.4. The van der Waals surface area contributed by atoms with Crippen LogP contribution in [0.3, 0.4) is 0 Å². The molecule has 0 atom stereocenters. The number of rotatable bonds is 9. The largest absolute Gasteiger partial charge is 0.480 e. The number of carboxylic acid groups (broad SMARTS) is 1. The van der Waals surface area contributed by atoms with E-state index in [9.17, 15) is 9.59 Å². The summed E-state index contributed by atoms with van der Waals surface area (Å²) in [6, 6.07) is 0. The first-order chi connectivity index (χ1) is 9.54. The van der Waals surface area contributed by atoms with E-state index in [4.69, 9.17) is 11.5 Å². The second-order valence-electron chi connectivity index (χ2n) is 5.50. The Bertz CT molecular complexity index is 457. The zero-order valence-electron chi connectivity index (χ0n) is 11.4. The average molecular weight is 277 g/mol. The molecular weight excluding hydrogens is 258 g/mol. The smallest absolute Gasteiger partial charge is 0.323 e. The maximum absolute atomic E-state index is 12.1. The number of aliphatic carboxylic acids is 1. The predicted octanol–water partition coefficient (Wildman–Crippen LogP) is 1.67. The van der Waals surface area contributed by atoms with Crippen molar-refractivity contribution in [2.45, 2.75) is 44.2 Å². The van der Waals surface area contributed by atoms with E-state index in [-0.39, 0.29) is 18.9 Å².